The van der Waals surface area contributed by atoms with Crippen LogP contribution in [0, 0.1) is 0 Å². The summed E-state index contributed by atoms with van der Waals surface area (Å²) in [5.41, 5.74) is 5.30. The molecule has 3 heteroatoms. The number of aromatic nitrogens is 1. The molecule has 0 aliphatic carbocycles. The van der Waals surface area contributed by atoms with Gasteiger partial charge in [0.1, 0.15) is 5.82 Å². The predicted octanol–water partition coefficient (Wildman–Crippen LogP) is 0.891. The molecule has 0 unspecified atom stereocenters. The third kappa shape index (κ3) is 1.68. The molecule has 3 nitrogen and oxygen atoms in total. The molecule has 0 fully saturated rings. The van der Waals surface area contributed by atoms with E-state index in [1.165, 1.54) is 0 Å². The summed E-state index contributed by atoms with van der Waals surface area (Å²) in [4.78, 5) is 3.86. The number of nitrogen functional groups attached to an aromatic ring is 1. The first kappa shape index (κ1) is 8.01. The largest absolute Gasteiger partial charge is 0.386 e. The van der Waals surface area contributed by atoms with Crippen molar-refractivity contribution in [3.05, 3.63) is 23.9 Å². The number of nitrogens with two attached hydrogens (primary N) is 1. The van der Waals surface area contributed by atoms with Gasteiger partial charge in [0, 0.05) is 11.8 Å². The van der Waals surface area contributed by atoms with Crippen molar-refractivity contribution in [1.82, 2.24) is 4.98 Å². The standard InChI is InChI=1S/C8H12N2O/c1-8(2,11)6-4-3-5-10-7(6)9/h3-5,11H,1-2H3,(H2,9,10). The molecule has 0 aliphatic rings. The lowest BCUT2D eigenvalue weighted by Gasteiger charge is -2.18. The molecule has 0 amide bonds. The number of rotatable bonds is 1. The summed E-state index contributed by atoms with van der Waals surface area (Å²) in [6.07, 6.45) is 1.60. The molecule has 1 heterocycles. The van der Waals surface area contributed by atoms with Crippen LogP contribution in [-0.4, -0.2) is 10.1 Å². The van der Waals surface area contributed by atoms with Crippen LogP contribution in [0.25, 0.3) is 0 Å². The molecule has 1 rings (SSSR count). The summed E-state index contributed by atoms with van der Waals surface area (Å²) < 4.78 is 0. The molecule has 0 atom stereocenters. The summed E-state index contributed by atoms with van der Waals surface area (Å²) in [5, 5.41) is 9.55. The topological polar surface area (TPSA) is 59.1 Å². The normalized spacial score (nSPS) is 11.5. The van der Waals surface area contributed by atoms with Gasteiger partial charge in [-0.05, 0) is 19.9 Å². The summed E-state index contributed by atoms with van der Waals surface area (Å²) in [6, 6.07) is 3.52. The average Bonchev–Trinajstić information content (AvgIpc) is 1.86. The smallest absolute Gasteiger partial charge is 0.129 e. The minimum Gasteiger partial charge on any atom is -0.386 e. The summed E-state index contributed by atoms with van der Waals surface area (Å²) in [7, 11) is 0. The first-order chi connectivity index (χ1) is 5.02. The number of hydrogen-bond donors (Lipinski definition) is 2. The fourth-order valence-corrected chi connectivity index (χ4v) is 0.935. The van der Waals surface area contributed by atoms with Crippen LogP contribution < -0.4 is 5.73 Å². The number of anilines is 1. The van der Waals surface area contributed by atoms with Crippen molar-refractivity contribution in [1.29, 1.82) is 0 Å². The maximum absolute atomic E-state index is 9.55. The first-order valence-corrected chi connectivity index (χ1v) is 3.45. The molecule has 0 saturated heterocycles. The quantitative estimate of drug-likeness (QED) is 0.628. The second-order valence-electron chi connectivity index (χ2n) is 3.00. The molecule has 3 N–H and O–H groups in total. The number of nitrogens with zero attached hydrogens (tertiary/aromatic N) is 1. The van der Waals surface area contributed by atoms with Crippen LogP contribution in [0.4, 0.5) is 5.82 Å². The maximum Gasteiger partial charge on any atom is 0.129 e. The molecule has 0 aromatic carbocycles. The van der Waals surface area contributed by atoms with E-state index >= 15 is 0 Å². The lowest BCUT2D eigenvalue weighted by atomic mass is 10.00. The van der Waals surface area contributed by atoms with Gasteiger partial charge in [-0.2, -0.15) is 0 Å². The third-order valence-electron chi connectivity index (χ3n) is 1.50. The summed E-state index contributed by atoms with van der Waals surface area (Å²) in [5.74, 6) is 0.389. The Morgan fingerprint density at radius 1 is 1.55 bits per heavy atom. The molecular formula is C8H12N2O. The molecule has 60 valence electrons. The maximum atomic E-state index is 9.55. The molecule has 1 aromatic rings. The monoisotopic (exact) mass is 152 g/mol. The Labute approximate surface area is 65.9 Å². The number of aliphatic hydroxyl groups is 1. The molecule has 0 bridgehead atoms. The van der Waals surface area contributed by atoms with Gasteiger partial charge in [-0.1, -0.05) is 6.07 Å². The third-order valence-corrected chi connectivity index (χ3v) is 1.50. The summed E-state index contributed by atoms with van der Waals surface area (Å²) >= 11 is 0. The lowest BCUT2D eigenvalue weighted by Crippen LogP contribution is -2.18. The van der Waals surface area contributed by atoms with E-state index in [-0.39, 0.29) is 0 Å². The van der Waals surface area contributed by atoms with Crippen LogP contribution in [0.1, 0.15) is 19.4 Å². The van der Waals surface area contributed by atoms with Crippen LogP contribution in [0.5, 0.6) is 0 Å². The Kier molecular flexibility index (Phi) is 1.83. The van der Waals surface area contributed by atoms with E-state index in [1.807, 2.05) is 0 Å². The zero-order valence-corrected chi connectivity index (χ0v) is 6.70. The Morgan fingerprint density at radius 2 is 2.18 bits per heavy atom. The van der Waals surface area contributed by atoms with Crippen LogP contribution >= 0.6 is 0 Å². The summed E-state index contributed by atoms with van der Waals surface area (Å²) in [6.45, 7) is 3.36. The van der Waals surface area contributed by atoms with E-state index in [0.717, 1.165) is 0 Å². The highest BCUT2D eigenvalue weighted by Gasteiger charge is 2.18. The molecule has 0 aliphatic heterocycles. The molecule has 1 aromatic heterocycles. The number of pyridine rings is 1. The zero-order chi connectivity index (χ0) is 8.48. The zero-order valence-electron chi connectivity index (χ0n) is 6.70. The number of hydrogen-bond acceptors (Lipinski definition) is 3. The van der Waals surface area contributed by atoms with E-state index in [0.29, 0.717) is 11.4 Å². The van der Waals surface area contributed by atoms with Crippen molar-refractivity contribution in [2.75, 3.05) is 5.73 Å². The fourth-order valence-electron chi connectivity index (χ4n) is 0.935. The van der Waals surface area contributed by atoms with Gasteiger partial charge in [0.2, 0.25) is 0 Å². The predicted molar refractivity (Wildman–Crippen MR) is 43.9 cm³/mol. The van der Waals surface area contributed by atoms with Crippen molar-refractivity contribution >= 4 is 5.82 Å². The lowest BCUT2D eigenvalue weighted by molar-refractivity contribution is 0.0791. The van der Waals surface area contributed by atoms with Gasteiger partial charge in [0.15, 0.2) is 0 Å². The van der Waals surface area contributed by atoms with Crippen molar-refractivity contribution in [2.24, 2.45) is 0 Å². The first-order valence-electron chi connectivity index (χ1n) is 3.45. The highest BCUT2D eigenvalue weighted by atomic mass is 16.3. The van der Waals surface area contributed by atoms with Gasteiger partial charge < -0.3 is 10.8 Å². The van der Waals surface area contributed by atoms with Crippen molar-refractivity contribution in [3.8, 4) is 0 Å². The van der Waals surface area contributed by atoms with E-state index in [9.17, 15) is 5.11 Å². The van der Waals surface area contributed by atoms with Gasteiger partial charge in [-0.15, -0.1) is 0 Å². The fraction of sp³-hybridized carbons (Fsp3) is 0.375. The second kappa shape index (κ2) is 2.51. The molecule has 0 saturated carbocycles. The Morgan fingerprint density at radius 3 is 2.55 bits per heavy atom. The SMILES string of the molecule is CC(C)(O)c1cccnc1N. The molecule has 11 heavy (non-hydrogen) atoms. The molecule has 0 radical (unpaired) electrons. The second-order valence-corrected chi connectivity index (χ2v) is 3.00. The van der Waals surface area contributed by atoms with Crippen molar-refractivity contribution in [3.63, 3.8) is 0 Å². The average molecular weight is 152 g/mol. The van der Waals surface area contributed by atoms with Crippen LogP contribution in [0.3, 0.4) is 0 Å². The highest BCUT2D eigenvalue weighted by molar-refractivity contribution is 5.41. The van der Waals surface area contributed by atoms with Gasteiger partial charge in [0.05, 0.1) is 5.60 Å². The Bertz CT molecular complexity index is 253. The van der Waals surface area contributed by atoms with Gasteiger partial charge >= 0.3 is 0 Å². The Balaban J connectivity index is 3.14. The van der Waals surface area contributed by atoms with Crippen LogP contribution in [-0.2, 0) is 5.60 Å². The van der Waals surface area contributed by atoms with E-state index < -0.39 is 5.60 Å². The van der Waals surface area contributed by atoms with Crippen molar-refractivity contribution in [2.45, 2.75) is 19.4 Å². The molecular weight excluding hydrogens is 140 g/mol. The van der Waals surface area contributed by atoms with E-state index in [1.54, 1.807) is 32.2 Å². The molecule has 0 spiro atoms. The van der Waals surface area contributed by atoms with Crippen LogP contribution in [0.2, 0.25) is 0 Å². The van der Waals surface area contributed by atoms with E-state index in [2.05, 4.69) is 4.98 Å². The van der Waals surface area contributed by atoms with Crippen molar-refractivity contribution < 1.29 is 5.11 Å². The van der Waals surface area contributed by atoms with Gasteiger partial charge in [-0.3, -0.25) is 0 Å². The van der Waals surface area contributed by atoms with Gasteiger partial charge in [0.25, 0.3) is 0 Å². The highest BCUT2D eigenvalue weighted by Crippen LogP contribution is 2.22. The Hall–Kier alpha value is -1.09. The van der Waals surface area contributed by atoms with E-state index in [4.69, 9.17) is 5.73 Å². The van der Waals surface area contributed by atoms with Gasteiger partial charge in [-0.25, -0.2) is 4.98 Å². The van der Waals surface area contributed by atoms with Crippen LogP contribution in [0.15, 0.2) is 18.3 Å². The minimum atomic E-state index is -0.904. The minimum absolute atomic E-state index is 0.389.